The second-order valence-electron chi connectivity index (χ2n) is 4.13. The van der Waals surface area contributed by atoms with Gasteiger partial charge in [-0.3, -0.25) is 0 Å². The van der Waals surface area contributed by atoms with Crippen LogP contribution in [0.3, 0.4) is 0 Å². The summed E-state index contributed by atoms with van der Waals surface area (Å²) in [5.41, 5.74) is 1.12. The molecule has 0 aliphatic carbocycles. The highest BCUT2D eigenvalue weighted by atomic mass is 35.5. The maximum atomic E-state index is 5.84. The average Bonchev–Trinajstić information content (AvgIpc) is 2.84. The van der Waals surface area contributed by atoms with Gasteiger partial charge in [-0.05, 0) is 54.9 Å². The molecule has 1 aromatic carbocycles. The number of rotatable bonds is 6. The molecule has 1 atom stereocenters. The normalized spacial score (nSPS) is 12.4. The second kappa shape index (κ2) is 6.64. The van der Waals surface area contributed by atoms with Crippen molar-refractivity contribution in [1.29, 1.82) is 0 Å². The third-order valence-corrected chi connectivity index (χ3v) is 3.01. The van der Waals surface area contributed by atoms with E-state index in [1.165, 1.54) is 0 Å². The predicted molar refractivity (Wildman–Crippen MR) is 76.8 cm³/mol. The summed E-state index contributed by atoms with van der Waals surface area (Å²) in [7, 11) is 0. The van der Waals surface area contributed by atoms with Crippen molar-refractivity contribution in [2.75, 3.05) is 13.2 Å². The predicted octanol–water partition coefficient (Wildman–Crippen LogP) is 4.03. The van der Waals surface area contributed by atoms with Crippen LogP contribution in [0.5, 0.6) is 5.75 Å². The molecule has 102 valence electrons. The van der Waals surface area contributed by atoms with Crippen LogP contribution in [0.4, 0.5) is 0 Å². The summed E-state index contributed by atoms with van der Waals surface area (Å²) in [5, 5.41) is 3.79. The summed E-state index contributed by atoms with van der Waals surface area (Å²) in [6, 6.07) is 11.7. The average molecular weight is 280 g/mol. The number of halogens is 1. The van der Waals surface area contributed by atoms with E-state index in [2.05, 4.69) is 12.2 Å². The molecule has 0 spiro atoms. The van der Waals surface area contributed by atoms with E-state index >= 15 is 0 Å². The van der Waals surface area contributed by atoms with E-state index in [1.54, 1.807) is 6.07 Å². The van der Waals surface area contributed by atoms with E-state index in [0.717, 1.165) is 23.6 Å². The molecule has 1 N–H and O–H groups in total. The zero-order valence-corrected chi connectivity index (χ0v) is 11.9. The quantitative estimate of drug-likeness (QED) is 0.867. The summed E-state index contributed by atoms with van der Waals surface area (Å²) >= 11 is 5.84. The van der Waals surface area contributed by atoms with Gasteiger partial charge < -0.3 is 14.5 Å². The van der Waals surface area contributed by atoms with Gasteiger partial charge in [0.25, 0.3) is 0 Å². The molecule has 2 rings (SSSR count). The van der Waals surface area contributed by atoms with Crippen LogP contribution in [0.2, 0.25) is 5.22 Å². The van der Waals surface area contributed by atoms with Crippen LogP contribution in [0.25, 0.3) is 0 Å². The summed E-state index contributed by atoms with van der Waals surface area (Å²) < 4.78 is 10.9. The van der Waals surface area contributed by atoms with Gasteiger partial charge >= 0.3 is 0 Å². The molecular formula is C15H18ClNO2. The maximum absolute atomic E-state index is 5.84. The van der Waals surface area contributed by atoms with Gasteiger partial charge in [-0.1, -0.05) is 19.1 Å². The highest BCUT2D eigenvalue weighted by molar-refractivity contribution is 6.28. The van der Waals surface area contributed by atoms with Crippen LogP contribution in [0, 0.1) is 0 Å². The van der Waals surface area contributed by atoms with Crippen molar-refractivity contribution < 1.29 is 9.15 Å². The molecule has 4 heteroatoms. The van der Waals surface area contributed by atoms with Gasteiger partial charge in [0.15, 0.2) is 5.22 Å². The smallest absolute Gasteiger partial charge is 0.193 e. The molecule has 0 radical (unpaired) electrons. The largest absolute Gasteiger partial charge is 0.494 e. The molecule has 1 heterocycles. The number of hydrogen-bond acceptors (Lipinski definition) is 3. The van der Waals surface area contributed by atoms with Crippen LogP contribution in [-0.2, 0) is 0 Å². The lowest BCUT2D eigenvalue weighted by atomic mass is 10.0. The fourth-order valence-corrected chi connectivity index (χ4v) is 2.15. The first-order valence-corrected chi connectivity index (χ1v) is 6.83. The van der Waals surface area contributed by atoms with E-state index in [9.17, 15) is 0 Å². The van der Waals surface area contributed by atoms with Gasteiger partial charge in [-0.15, -0.1) is 0 Å². The number of furan rings is 1. The number of nitrogens with one attached hydrogen (secondary N) is 1. The maximum Gasteiger partial charge on any atom is 0.193 e. The van der Waals surface area contributed by atoms with Crippen molar-refractivity contribution in [3.8, 4) is 5.75 Å². The third kappa shape index (κ3) is 3.52. The number of ether oxygens (including phenoxy) is 1. The Morgan fingerprint density at radius 3 is 2.42 bits per heavy atom. The first kappa shape index (κ1) is 14.0. The van der Waals surface area contributed by atoms with Crippen molar-refractivity contribution in [1.82, 2.24) is 5.32 Å². The Morgan fingerprint density at radius 2 is 1.89 bits per heavy atom. The molecular weight excluding hydrogens is 262 g/mol. The zero-order chi connectivity index (χ0) is 13.7. The Hall–Kier alpha value is -1.45. The van der Waals surface area contributed by atoms with Gasteiger partial charge in [-0.25, -0.2) is 0 Å². The highest BCUT2D eigenvalue weighted by Gasteiger charge is 2.16. The molecule has 0 aliphatic heterocycles. The van der Waals surface area contributed by atoms with Crippen molar-refractivity contribution in [2.45, 2.75) is 19.9 Å². The highest BCUT2D eigenvalue weighted by Crippen LogP contribution is 2.27. The van der Waals surface area contributed by atoms with E-state index < -0.39 is 0 Å². The Labute approximate surface area is 118 Å². The molecule has 2 aromatic rings. The van der Waals surface area contributed by atoms with Crippen LogP contribution < -0.4 is 10.1 Å². The molecule has 0 saturated carbocycles. The zero-order valence-electron chi connectivity index (χ0n) is 11.2. The second-order valence-corrected chi connectivity index (χ2v) is 4.51. The molecule has 0 saturated heterocycles. The van der Waals surface area contributed by atoms with Crippen LogP contribution in [-0.4, -0.2) is 13.2 Å². The molecule has 0 amide bonds. The van der Waals surface area contributed by atoms with E-state index in [0.29, 0.717) is 11.8 Å². The SMILES string of the molecule is CCNC(c1ccc(OCC)cc1)c1ccc(Cl)o1. The molecule has 0 bridgehead atoms. The standard InChI is InChI=1S/C15H18ClNO2/c1-3-17-15(13-9-10-14(16)19-13)11-5-7-12(8-6-11)18-4-2/h5-10,15,17H,3-4H2,1-2H3. The Bertz CT molecular complexity index is 507. The van der Waals surface area contributed by atoms with Crippen molar-refractivity contribution >= 4 is 11.6 Å². The van der Waals surface area contributed by atoms with E-state index in [-0.39, 0.29) is 6.04 Å². The van der Waals surface area contributed by atoms with Crippen LogP contribution in [0.1, 0.15) is 31.2 Å². The van der Waals surface area contributed by atoms with Gasteiger partial charge in [0, 0.05) is 0 Å². The summed E-state index contributed by atoms with van der Waals surface area (Å²) in [6.07, 6.45) is 0. The van der Waals surface area contributed by atoms with Gasteiger partial charge in [-0.2, -0.15) is 0 Å². The topological polar surface area (TPSA) is 34.4 Å². The van der Waals surface area contributed by atoms with Gasteiger partial charge in [0.1, 0.15) is 11.5 Å². The molecule has 1 aromatic heterocycles. The van der Waals surface area contributed by atoms with Crippen molar-refractivity contribution in [3.05, 3.63) is 52.9 Å². The molecule has 0 fully saturated rings. The first-order chi connectivity index (χ1) is 9.24. The molecule has 19 heavy (non-hydrogen) atoms. The Balaban J connectivity index is 2.23. The van der Waals surface area contributed by atoms with Crippen LogP contribution >= 0.6 is 11.6 Å². The minimum atomic E-state index is 0.00757. The Morgan fingerprint density at radius 1 is 1.16 bits per heavy atom. The lowest BCUT2D eigenvalue weighted by molar-refractivity contribution is 0.340. The fourth-order valence-electron chi connectivity index (χ4n) is 1.99. The minimum absolute atomic E-state index is 0.00757. The van der Waals surface area contributed by atoms with E-state index in [4.69, 9.17) is 20.8 Å². The van der Waals surface area contributed by atoms with Crippen LogP contribution in [0.15, 0.2) is 40.8 Å². The fraction of sp³-hybridized carbons (Fsp3) is 0.333. The summed E-state index contributed by atoms with van der Waals surface area (Å²) in [5.74, 6) is 1.69. The first-order valence-electron chi connectivity index (χ1n) is 6.46. The third-order valence-electron chi connectivity index (χ3n) is 2.81. The monoisotopic (exact) mass is 279 g/mol. The number of hydrogen-bond donors (Lipinski definition) is 1. The van der Waals surface area contributed by atoms with Crippen molar-refractivity contribution in [3.63, 3.8) is 0 Å². The Kier molecular flexibility index (Phi) is 4.88. The summed E-state index contributed by atoms with van der Waals surface area (Å²) in [6.45, 7) is 5.55. The lowest BCUT2D eigenvalue weighted by Crippen LogP contribution is -2.21. The van der Waals surface area contributed by atoms with Gasteiger partial charge in [0.05, 0.1) is 12.6 Å². The van der Waals surface area contributed by atoms with Crippen molar-refractivity contribution in [2.24, 2.45) is 0 Å². The van der Waals surface area contributed by atoms with E-state index in [1.807, 2.05) is 37.3 Å². The minimum Gasteiger partial charge on any atom is -0.494 e. The molecule has 3 nitrogen and oxygen atoms in total. The molecule has 0 aliphatic rings. The van der Waals surface area contributed by atoms with Gasteiger partial charge in [0.2, 0.25) is 0 Å². The summed E-state index contributed by atoms with van der Waals surface area (Å²) in [4.78, 5) is 0. The molecule has 1 unspecified atom stereocenters. The number of benzene rings is 1. The lowest BCUT2D eigenvalue weighted by Gasteiger charge is -2.16.